The Hall–Kier alpha value is -0.410. The van der Waals surface area contributed by atoms with Gasteiger partial charge in [-0.05, 0) is 6.92 Å². The van der Waals surface area contributed by atoms with Crippen LogP contribution in [0.15, 0.2) is 0 Å². The van der Waals surface area contributed by atoms with Gasteiger partial charge in [0.15, 0.2) is 0 Å². The van der Waals surface area contributed by atoms with Crippen molar-refractivity contribution in [2.45, 2.75) is 6.92 Å². The largest absolute Gasteiger partial charge is 0.381 e. The summed E-state index contributed by atoms with van der Waals surface area (Å²) in [5.41, 5.74) is 0. The predicted octanol–water partition coefficient (Wildman–Crippen LogP) is -0.885. The minimum Gasteiger partial charge on any atom is -0.381 e. The Labute approximate surface area is 42.3 Å². The molecule has 0 radical (unpaired) electrons. The van der Waals surface area contributed by atoms with E-state index in [2.05, 4.69) is 5.32 Å². The highest BCUT2D eigenvalue weighted by atomic mass is 16.3. The second-order valence-electron chi connectivity index (χ2n) is 1.29. The van der Waals surface area contributed by atoms with Crippen LogP contribution in [0.1, 0.15) is 6.92 Å². The minimum atomic E-state index is -0.125. The van der Waals surface area contributed by atoms with E-state index in [1.165, 1.54) is 6.92 Å². The molecule has 0 saturated carbocycles. The average Bonchev–Trinajstić information content (AvgIpc) is 1.61. The second kappa shape index (κ2) is 3.77. The molecule has 2 N–H and O–H groups in total. The molecule has 0 heterocycles. The lowest BCUT2D eigenvalue weighted by Gasteiger charge is -1.91. The molecule has 3 nitrogen and oxygen atoms in total. The first kappa shape index (κ1) is 6.59. The van der Waals surface area contributed by atoms with E-state index in [1.54, 1.807) is 0 Å². The molecule has 0 aliphatic carbocycles. The Morgan fingerprint density at radius 3 is 2.57 bits per heavy atom. The summed E-state index contributed by atoms with van der Waals surface area (Å²) in [5.74, 6) is 0.0362. The molecule has 0 saturated heterocycles. The first-order chi connectivity index (χ1) is 3.27. The number of carbonyl (C=O) groups excluding carboxylic acids is 1. The van der Waals surface area contributed by atoms with Crippen molar-refractivity contribution >= 4 is 5.78 Å². The van der Waals surface area contributed by atoms with E-state index in [9.17, 15) is 4.79 Å². The fraction of sp³-hybridized carbons (Fsp3) is 0.750. The standard InChI is InChI=1S/C4H9NO2/c1-4(7)2-5-3-6/h5-6H,2-3H2,1H3. The maximum absolute atomic E-state index is 10.0. The zero-order chi connectivity index (χ0) is 5.70. The number of aliphatic hydroxyl groups is 1. The Kier molecular flexibility index (Phi) is 3.55. The van der Waals surface area contributed by atoms with E-state index in [-0.39, 0.29) is 19.1 Å². The van der Waals surface area contributed by atoms with Gasteiger partial charge in [-0.1, -0.05) is 0 Å². The number of hydrogen-bond acceptors (Lipinski definition) is 3. The molecule has 0 aliphatic rings. The summed E-state index contributed by atoms with van der Waals surface area (Å²) in [6.07, 6.45) is 0. The predicted molar refractivity (Wildman–Crippen MR) is 25.8 cm³/mol. The summed E-state index contributed by atoms with van der Waals surface area (Å²) in [6, 6.07) is 0. The molecular formula is C4H9NO2. The lowest BCUT2D eigenvalue weighted by atomic mass is 10.5. The van der Waals surface area contributed by atoms with E-state index >= 15 is 0 Å². The SMILES string of the molecule is CC(=O)CNCO. The van der Waals surface area contributed by atoms with Gasteiger partial charge in [-0.2, -0.15) is 0 Å². The van der Waals surface area contributed by atoms with Crippen LogP contribution in [-0.2, 0) is 4.79 Å². The van der Waals surface area contributed by atoms with Crippen molar-refractivity contribution in [3.8, 4) is 0 Å². The van der Waals surface area contributed by atoms with Crippen LogP contribution in [0.4, 0.5) is 0 Å². The third kappa shape index (κ3) is 5.59. The van der Waals surface area contributed by atoms with Gasteiger partial charge in [0.2, 0.25) is 0 Å². The third-order valence-corrected chi connectivity index (χ3v) is 0.486. The van der Waals surface area contributed by atoms with Crippen molar-refractivity contribution in [3.63, 3.8) is 0 Å². The van der Waals surface area contributed by atoms with Gasteiger partial charge in [0.1, 0.15) is 5.78 Å². The molecule has 0 aromatic rings. The number of aliphatic hydroxyl groups excluding tert-OH is 1. The highest BCUT2D eigenvalue weighted by molar-refractivity contribution is 5.77. The molecular weight excluding hydrogens is 94.0 g/mol. The summed E-state index contributed by atoms with van der Waals surface area (Å²) >= 11 is 0. The molecule has 0 spiro atoms. The Morgan fingerprint density at radius 1 is 1.86 bits per heavy atom. The Morgan fingerprint density at radius 2 is 2.43 bits per heavy atom. The molecule has 0 aliphatic heterocycles. The van der Waals surface area contributed by atoms with Crippen LogP contribution in [0.2, 0.25) is 0 Å². The number of ketones is 1. The molecule has 0 atom stereocenters. The van der Waals surface area contributed by atoms with Crippen molar-refractivity contribution in [3.05, 3.63) is 0 Å². The van der Waals surface area contributed by atoms with Crippen molar-refractivity contribution in [2.24, 2.45) is 0 Å². The molecule has 0 rings (SSSR count). The van der Waals surface area contributed by atoms with Crippen LogP contribution in [0.3, 0.4) is 0 Å². The molecule has 0 fully saturated rings. The van der Waals surface area contributed by atoms with Gasteiger partial charge in [0.25, 0.3) is 0 Å². The van der Waals surface area contributed by atoms with E-state index in [0.29, 0.717) is 0 Å². The second-order valence-corrected chi connectivity index (χ2v) is 1.29. The van der Waals surface area contributed by atoms with Crippen LogP contribution in [0.25, 0.3) is 0 Å². The number of Topliss-reactive ketones (excluding diaryl/α,β-unsaturated/α-hetero) is 1. The molecule has 0 unspecified atom stereocenters. The van der Waals surface area contributed by atoms with Gasteiger partial charge in [0, 0.05) is 0 Å². The van der Waals surface area contributed by atoms with Gasteiger partial charge in [-0.15, -0.1) is 0 Å². The van der Waals surface area contributed by atoms with Crippen molar-refractivity contribution in [1.82, 2.24) is 5.32 Å². The first-order valence-corrected chi connectivity index (χ1v) is 2.08. The fourth-order valence-electron chi connectivity index (χ4n) is 0.232. The van der Waals surface area contributed by atoms with E-state index in [0.717, 1.165) is 0 Å². The molecule has 42 valence electrons. The quantitative estimate of drug-likeness (QED) is 0.456. The zero-order valence-corrected chi connectivity index (χ0v) is 4.27. The van der Waals surface area contributed by atoms with E-state index < -0.39 is 0 Å². The van der Waals surface area contributed by atoms with Gasteiger partial charge >= 0.3 is 0 Å². The smallest absolute Gasteiger partial charge is 0.143 e. The fourth-order valence-corrected chi connectivity index (χ4v) is 0.232. The monoisotopic (exact) mass is 103 g/mol. The van der Waals surface area contributed by atoms with Crippen molar-refractivity contribution < 1.29 is 9.90 Å². The Bertz CT molecular complexity index is 62.7. The molecule has 7 heavy (non-hydrogen) atoms. The van der Waals surface area contributed by atoms with Crippen LogP contribution in [0, 0.1) is 0 Å². The molecule has 0 aromatic carbocycles. The van der Waals surface area contributed by atoms with Crippen LogP contribution in [-0.4, -0.2) is 24.2 Å². The van der Waals surface area contributed by atoms with Gasteiger partial charge in [-0.3, -0.25) is 10.1 Å². The number of carbonyl (C=O) groups is 1. The highest BCUT2D eigenvalue weighted by Crippen LogP contribution is 1.59. The van der Waals surface area contributed by atoms with Gasteiger partial charge < -0.3 is 5.11 Å². The highest BCUT2D eigenvalue weighted by Gasteiger charge is 1.85. The molecule has 3 heteroatoms. The topological polar surface area (TPSA) is 49.3 Å². The summed E-state index contributed by atoms with van der Waals surface area (Å²) in [5, 5.41) is 10.5. The number of nitrogens with one attached hydrogen (secondary N) is 1. The first-order valence-electron chi connectivity index (χ1n) is 2.08. The number of hydrogen-bond donors (Lipinski definition) is 2. The molecule has 0 bridgehead atoms. The summed E-state index contributed by atoms with van der Waals surface area (Å²) in [7, 11) is 0. The van der Waals surface area contributed by atoms with E-state index in [1.807, 2.05) is 0 Å². The molecule has 0 amide bonds. The third-order valence-electron chi connectivity index (χ3n) is 0.486. The van der Waals surface area contributed by atoms with Gasteiger partial charge in [-0.25, -0.2) is 0 Å². The van der Waals surface area contributed by atoms with E-state index in [4.69, 9.17) is 5.11 Å². The summed E-state index contributed by atoms with van der Waals surface area (Å²) in [4.78, 5) is 10.0. The maximum Gasteiger partial charge on any atom is 0.143 e. The average molecular weight is 103 g/mol. The van der Waals surface area contributed by atoms with Crippen molar-refractivity contribution in [1.29, 1.82) is 0 Å². The zero-order valence-electron chi connectivity index (χ0n) is 4.27. The van der Waals surface area contributed by atoms with Crippen molar-refractivity contribution in [2.75, 3.05) is 13.3 Å². The minimum absolute atomic E-state index is 0.0362. The lowest BCUT2D eigenvalue weighted by molar-refractivity contribution is -0.116. The molecule has 0 aromatic heterocycles. The number of rotatable bonds is 3. The summed E-state index contributed by atoms with van der Waals surface area (Å²) in [6.45, 7) is 1.60. The normalized spacial score (nSPS) is 8.86. The Balaban J connectivity index is 2.82. The lowest BCUT2D eigenvalue weighted by Crippen LogP contribution is -2.21. The van der Waals surface area contributed by atoms with Crippen LogP contribution >= 0.6 is 0 Å². The van der Waals surface area contributed by atoms with Crippen LogP contribution in [0.5, 0.6) is 0 Å². The van der Waals surface area contributed by atoms with Gasteiger partial charge in [0.05, 0.1) is 13.3 Å². The maximum atomic E-state index is 10.0. The van der Waals surface area contributed by atoms with Crippen LogP contribution < -0.4 is 5.32 Å². The summed E-state index contributed by atoms with van der Waals surface area (Å²) < 4.78 is 0.